The first-order valence-corrected chi connectivity index (χ1v) is 7.35. The van der Waals surface area contributed by atoms with E-state index in [0.29, 0.717) is 29.5 Å². The number of nitrogens with one attached hydrogen (secondary N) is 1. The molecule has 6 nitrogen and oxygen atoms in total. The molecule has 1 aromatic carbocycles. The highest BCUT2D eigenvalue weighted by Gasteiger charge is 2.48. The van der Waals surface area contributed by atoms with Crippen molar-refractivity contribution in [1.29, 1.82) is 0 Å². The largest absolute Gasteiger partial charge is 0.493 e. The summed E-state index contributed by atoms with van der Waals surface area (Å²) in [6, 6.07) is 3.43. The fourth-order valence-corrected chi connectivity index (χ4v) is 2.53. The minimum Gasteiger partial charge on any atom is -0.493 e. The second-order valence-electron chi connectivity index (χ2n) is 5.05. The van der Waals surface area contributed by atoms with Crippen molar-refractivity contribution in [3.63, 3.8) is 0 Å². The summed E-state index contributed by atoms with van der Waals surface area (Å²) < 4.78 is 10.7. The van der Waals surface area contributed by atoms with Crippen LogP contribution in [0.5, 0.6) is 11.5 Å². The molecular weight excluding hydrogens is 310 g/mol. The molecule has 120 valence electrons. The van der Waals surface area contributed by atoms with Crippen molar-refractivity contribution in [2.45, 2.75) is 19.9 Å². The molecule has 1 aromatic rings. The summed E-state index contributed by atoms with van der Waals surface area (Å²) in [4.78, 5) is 22.6. The molecule has 2 rings (SSSR count). The van der Waals surface area contributed by atoms with Gasteiger partial charge in [-0.1, -0.05) is 11.6 Å². The Hall–Kier alpha value is -1.95. The highest BCUT2D eigenvalue weighted by molar-refractivity contribution is 6.32. The molecule has 0 spiro atoms. The van der Waals surface area contributed by atoms with Crippen molar-refractivity contribution in [1.82, 2.24) is 5.32 Å². The summed E-state index contributed by atoms with van der Waals surface area (Å²) >= 11 is 6.15. The topological polar surface area (TPSA) is 84.9 Å². The van der Waals surface area contributed by atoms with E-state index in [2.05, 4.69) is 5.32 Å². The Morgan fingerprint density at radius 1 is 1.41 bits per heavy atom. The van der Waals surface area contributed by atoms with Crippen molar-refractivity contribution in [2.24, 2.45) is 11.8 Å². The summed E-state index contributed by atoms with van der Waals surface area (Å²) in [6.07, 6.45) is 0.397. The average molecular weight is 328 g/mol. The molecule has 1 amide bonds. The number of ether oxygens (including phenoxy) is 2. The average Bonchev–Trinajstić information content (AvgIpc) is 3.27. The first kappa shape index (κ1) is 16.4. The molecule has 0 radical (unpaired) electrons. The van der Waals surface area contributed by atoms with Gasteiger partial charge >= 0.3 is 5.97 Å². The third-order valence-electron chi connectivity index (χ3n) is 3.49. The van der Waals surface area contributed by atoms with Gasteiger partial charge in [0.05, 0.1) is 30.6 Å². The molecular formula is C15H18ClNO5. The van der Waals surface area contributed by atoms with Crippen LogP contribution >= 0.6 is 11.6 Å². The van der Waals surface area contributed by atoms with Gasteiger partial charge in [0.2, 0.25) is 5.91 Å². The van der Waals surface area contributed by atoms with Crippen molar-refractivity contribution in [3.05, 3.63) is 22.7 Å². The Morgan fingerprint density at radius 3 is 2.68 bits per heavy atom. The Bertz CT molecular complexity index is 590. The summed E-state index contributed by atoms with van der Waals surface area (Å²) in [5.74, 6) is -1.21. The van der Waals surface area contributed by atoms with Gasteiger partial charge in [0.1, 0.15) is 0 Å². The van der Waals surface area contributed by atoms with Crippen molar-refractivity contribution in [2.75, 3.05) is 13.7 Å². The molecule has 1 aliphatic carbocycles. The molecule has 1 fully saturated rings. The minimum atomic E-state index is -0.925. The van der Waals surface area contributed by atoms with Crippen molar-refractivity contribution >= 4 is 23.5 Å². The number of hydrogen-bond donors (Lipinski definition) is 2. The second-order valence-corrected chi connectivity index (χ2v) is 5.45. The van der Waals surface area contributed by atoms with E-state index in [1.165, 1.54) is 7.11 Å². The van der Waals surface area contributed by atoms with E-state index >= 15 is 0 Å². The number of aliphatic carboxylic acids is 1. The van der Waals surface area contributed by atoms with Gasteiger partial charge in [0, 0.05) is 6.54 Å². The maximum absolute atomic E-state index is 11.8. The van der Waals surface area contributed by atoms with E-state index in [9.17, 15) is 9.59 Å². The van der Waals surface area contributed by atoms with E-state index in [4.69, 9.17) is 26.2 Å². The molecule has 0 heterocycles. The number of carboxylic acids is 1. The second kappa shape index (κ2) is 6.87. The lowest BCUT2D eigenvalue weighted by atomic mass is 10.2. The van der Waals surface area contributed by atoms with E-state index in [1.54, 1.807) is 12.1 Å². The monoisotopic (exact) mass is 327 g/mol. The number of hydrogen-bond acceptors (Lipinski definition) is 4. The lowest BCUT2D eigenvalue weighted by Gasteiger charge is -2.13. The maximum Gasteiger partial charge on any atom is 0.307 e. The van der Waals surface area contributed by atoms with Crippen LogP contribution in [0.4, 0.5) is 0 Å². The van der Waals surface area contributed by atoms with Crippen LogP contribution in [0.2, 0.25) is 5.02 Å². The van der Waals surface area contributed by atoms with E-state index in [1.807, 2.05) is 6.92 Å². The van der Waals surface area contributed by atoms with Gasteiger partial charge in [-0.15, -0.1) is 0 Å². The Balaban J connectivity index is 2.00. The highest BCUT2D eigenvalue weighted by atomic mass is 35.5. The number of halogens is 1. The fourth-order valence-electron chi connectivity index (χ4n) is 2.24. The van der Waals surface area contributed by atoms with Crippen molar-refractivity contribution in [3.8, 4) is 11.5 Å². The molecule has 7 heteroatoms. The van der Waals surface area contributed by atoms with Crippen LogP contribution in [0.3, 0.4) is 0 Å². The summed E-state index contributed by atoms with van der Waals surface area (Å²) in [7, 11) is 1.51. The van der Waals surface area contributed by atoms with E-state index in [0.717, 1.165) is 5.56 Å². The molecule has 1 aliphatic rings. The standard InChI is InChI=1S/C15H18ClNO5/c1-3-22-13-11(16)4-8(5-12(13)21-2)7-17-14(18)9-6-10(9)15(19)20/h4-5,9-10H,3,6-7H2,1-2H3,(H,17,18)(H,19,20)/t9-,10-/m1/s1. The Morgan fingerprint density at radius 2 is 2.14 bits per heavy atom. The molecule has 0 aliphatic heterocycles. The van der Waals surface area contributed by atoms with Crippen LogP contribution in [0.15, 0.2) is 12.1 Å². The zero-order valence-corrected chi connectivity index (χ0v) is 13.1. The van der Waals surface area contributed by atoms with Gasteiger partial charge in [0.15, 0.2) is 11.5 Å². The summed E-state index contributed by atoms with van der Waals surface area (Å²) in [6.45, 7) is 2.56. The fraction of sp³-hybridized carbons (Fsp3) is 0.467. The molecule has 1 saturated carbocycles. The van der Waals surface area contributed by atoms with Crippen LogP contribution in [0.25, 0.3) is 0 Å². The van der Waals surface area contributed by atoms with Gasteiger partial charge < -0.3 is 19.9 Å². The highest BCUT2D eigenvalue weighted by Crippen LogP contribution is 2.39. The number of carbonyl (C=O) groups excluding carboxylic acids is 1. The van der Waals surface area contributed by atoms with Gasteiger partial charge in [-0.2, -0.15) is 0 Å². The summed E-state index contributed by atoms with van der Waals surface area (Å²) in [5, 5.41) is 11.9. The predicted molar refractivity (Wildman–Crippen MR) is 80.3 cm³/mol. The molecule has 0 unspecified atom stereocenters. The van der Waals surface area contributed by atoms with Crippen LogP contribution < -0.4 is 14.8 Å². The van der Waals surface area contributed by atoms with E-state index in [-0.39, 0.29) is 12.5 Å². The SMILES string of the molecule is CCOc1c(Cl)cc(CNC(=O)[C@@H]2C[C@H]2C(=O)O)cc1OC. The van der Waals surface area contributed by atoms with Gasteiger partial charge in [0.25, 0.3) is 0 Å². The zero-order chi connectivity index (χ0) is 16.3. The lowest BCUT2D eigenvalue weighted by molar-refractivity contribution is -0.140. The molecule has 0 aromatic heterocycles. The third kappa shape index (κ3) is 3.62. The first-order valence-electron chi connectivity index (χ1n) is 6.97. The predicted octanol–water partition coefficient (Wildman–Crippen LogP) is 2.08. The smallest absolute Gasteiger partial charge is 0.307 e. The third-order valence-corrected chi connectivity index (χ3v) is 3.77. The zero-order valence-electron chi connectivity index (χ0n) is 12.4. The quantitative estimate of drug-likeness (QED) is 0.801. The normalized spacial score (nSPS) is 19.4. The minimum absolute atomic E-state index is 0.253. The number of carboxylic acid groups (broad SMARTS) is 1. The number of carbonyl (C=O) groups is 2. The Labute approximate surface area is 133 Å². The van der Waals surface area contributed by atoms with Gasteiger partial charge in [-0.3, -0.25) is 9.59 Å². The maximum atomic E-state index is 11.8. The van der Waals surface area contributed by atoms with Gasteiger partial charge in [-0.05, 0) is 31.0 Å². The van der Waals surface area contributed by atoms with Crippen LogP contribution in [0.1, 0.15) is 18.9 Å². The van der Waals surface area contributed by atoms with Gasteiger partial charge in [-0.25, -0.2) is 0 Å². The van der Waals surface area contributed by atoms with Crippen LogP contribution in [-0.2, 0) is 16.1 Å². The number of amides is 1. The molecule has 0 bridgehead atoms. The number of methoxy groups -OCH3 is 1. The number of rotatable bonds is 7. The number of benzene rings is 1. The molecule has 2 atom stereocenters. The Kier molecular flexibility index (Phi) is 5.13. The lowest BCUT2D eigenvalue weighted by Crippen LogP contribution is -2.25. The van der Waals surface area contributed by atoms with Crippen LogP contribution in [-0.4, -0.2) is 30.7 Å². The first-order chi connectivity index (χ1) is 10.5. The summed E-state index contributed by atoms with van der Waals surface area (Å²) in [5.41, 5.74) is 0.756. The van der Waals surface area contributed by atoms with E-state index < -0.39 is 17.8 Å². The molecule has 2 N–H and O–H groups in total. The molecule has 22 heavy (non-hydrogen) atoms. The molecule has 0 saturated heterocycles. The van der Waals surface area contributed by atoms with Crippen LogP contribution in [0, 0.1) is 11.8 Å². The van der Waals surface area contributed by atoms with Crippen molar-refractivity contribution < 1.29 is 24.2 Å².